The Morgan fingerprint density at radius 3 is 2.67 bits per heavy atom. The molecule has 1 atom stereocenters. The summed E-state index contributed by atoms with van der Waals surface area (Å²) >= 11 is 0. The van der Waals surface area contributed by atoms with E-state index in [0.717, 1.165) is 23.6 Å². The first kappa shape index (κ1) is 21.9. The van der Waals surface area contributed by atoms with Gasteiger partial charge >= 0.3 is 6.18 Å². The molecule has 1 aliphatic heterocycles. The molecule has 5 rings (SSSR count). The van der Waals surface area contributed by atoms with Crippen molar-refractivity contribution in [3.05, 3.63) is 23.7 Å². The van der Waals surface area contributed by atoms with Crippen LogP contribution in [-0.2, 0) is 22.3 Å². The van der Waals surface area contributed by atoms with Crippen LogP contribution < -0.4 is 15.5 Å². The van der Waals surface area contributed by atoms with Crippen LogP contribution in [0.4, 0.5) is 30.6 Å². The van der Waals surface area contributed by atoms with Crippen LogP contribution in [0.1, 0.15) is 37.1 Å². The highest BCUT2D eigenvalue weighted by molar-refractivity contribution is 6.04. The summed E-state index contributed by atoms with van der Waals surface area (Å²) in [5.41, 5.74) is 0.00902. The van der Waals surface area contributed by atoms with Gasteiger partial charge in [0.2, 0.25) is 11.9 Å². The van der Waals surface area contributed by atoms with Crippen LogP contribution in [0.25, 0.3) is 0 Å². The number of hydrogen-bond donors (Lipinski definition) is 2. The van der Waals surface area contributed by atoms with Crippen LogP contribution in [0.3, 0.4) is 0 Å². The molecule has 12 heteroatoms. The van der Waals surface area contributed by atoms with Gasteiger partial charge in [0.1, 0.15) is 17.4 Å². The number of anilines is 3. The first-order chi connectivity index (χ1) is 15.6. The Kier molecular flexibility index (Phi) is 5.03. The number of nitrogens with one attached hydrogen (secondary N) is 2. The molecule has 2 saturated carbocycles. The molecular weight excluding hydrogens is 439 g/mol. The molecule has 2 fully saturated rings. The average molecular weight is 465 g/mol. The summed E-state index contributed by atoms with van der Waals surface area (Å²) in [6.07, 6.45) is -0.220. The van der Waals surface area contributed by atoms with Gasteiger partial charge in [-0.25, -0.2) is 4.98 Å². The molecule has 2 N–H and O–H groups in total. The standard InChI is InChI=1S/C21H26F3N7O2/c1-11-15-17(30(2)16(18(32)28-15)20(33-3)5-6-20)29-19(26-11)27-13-8-12(9-13)10-31-14(4-7-25-31)21(22,23)24/h4,7,12-13,16H,5-6,8-10H2,1-3H3,(H,28,32)(H,26,27,29)/t12-,13+,16?. The van der Waals surface area contributed by atoms with Crippen LogP contribution in [0.2, 0.25) is 0 Å². The topological polar surface area (TPSA) is 97.2 Å². The normalized spacial score (nSPS) is 25.8. The maximum absolute atomic E-state index is 13.1. The molecular formula is C21H26F3N7O2. The molecule has 3 aliphatic rings. The second kappa shape index (κ2) is 7.57. The van der Waals surface area contributed by atoms with E-state index in [-0.39, 0.29) is 24.4 Å². The molecule has 1 unspecified atom stereocenters. The van der Waals surface area contributed by atoms with Gasteiger partial charge in [0.15, 0.2) is 5.82 Å². The van der Waals surface area contributed by atoms with E-state index < -0.39 is 23.5 Å². The number of carbonyl (C=O) groups is 1. The minimum Gasteiger partial charge on any atom is -0.376 e. The average Bonchev–Trinajstić information content (AvgIpc) is 3.34. The van der Waals surface area contributed by atoms with E-state index in [1.807, 2.05) is 18.9 Å². The predicted molar refractivity (Wildman–Crippen MR) is 114 cm³/mol. The fraction of sp³-hybridized carbons (Fsp3) is 0.619. The molecule has 2 aromatic rings. The monoisotopic (exact) mass is 465 g/mol. The van der Waals surface area contributed by atoms with Crippen LogP contribution in [-0.4, -0.2) is 57.5 Å². The second-order valence-electron chi connectivity index (χ2n) is 9.18. The Hall–Kier alpha value is -2.89. The summed E-state index contributed by atoms with van der Waals surface area (Å²) in [6.45, 7) is 2.03. The number of amides is 1. The van der Waals surface area contributed by atoms with Gasteiger partial charge in [-0.15, -0.1) is 0 Å². The van der Waals surface area contributed by atoms with Crippen molar-refractivity contribution in [2.75, 3.05) is 29.7 Å². The lowest BCUT2D eigenvalue weighted by molar-refractivity contribution is -0.144. The van der Waals surface area contributed by atoms with Gasteiger partial charge in [0.05, 0.1) is 11.3 Å². The minimum absolute atomic E-state index is 0.0605. The van der Waals surface area contributed by atoms with Gasteiger partial charge in [-0.1, -0.05) is 0 Å². The number of hydrogen-bond acceptors (Lipinski definition) is 7. The molecule has 2 aromatic heterocycles. The lowest BCUT2D eigenvalue weighted by atomic mass is 9.80. The summed E-state index contributed by atoms with van der Waals surface area (Å²) < 4.78 is 45.8. The molecule has 0 aromatic carbocycles. The molecule has 9 nitrogen and oxygen atoms in total. The van der Waals surface area contributed by atoms with E-state index in [4.69, 9.17) is 4.74 Å². The zero-order chi connectivity index (χ0) is 23.5. The Bertz CT molecular complexity index is 1080. The smallest absolute Gasteiger partial charge is 0.376 e. The number of aryl methyl sites for hydroxylation is 1. The number of rotatable bonds is 6. The van der Waals surface area contributed by atoms with Gasteiger partial charge in [0.25, 0.3) is 0 Å². The summed E-state index contributed by atoms with van der Waals surface area (Å²) in [5, 5.41) is 10.1. The van der Waals surface area contributed by atoms with Gasteiger partial charge in [0, 0.05) is 32.9 Å². The number of methoxy groups -OCH3 is 1. The van der Waals surface area contributed by atoms with Gasteiger partial charge < -0.3 is 20.3 Å². The summed E-state index contributed by atoms with van der Waals surface area (Å²) in [5.74, 6) is 1.02. The van der Waals surface area contributed by atoms with Crippen LogP contribution in [0, 0.1) is 12.8 Å². The quantitative estimate of drug-likeness (QED) is 0.677. The molecule has 0 radical (unpaired) electrons. The van der Waals surface area contributed by atoms with Crippen molar-refractivity contribution in [2.24, 2.45) is 5.92 Å². The van der Waals surface area contributed by atoms with Crippen molar-refractivity contribution in [1.29, 1.82) is 0 Å². The van der Waals surface area contributed by atoms with Gasteiger partial charge in [-0.05, 0) is 44.6 Å². The van der Waals surface area contributed by atoms with E-state index in [2.05, 4.69) is 25.7 Å². The highest BCUT2D eigenvalue weighted by atomic mass is 19.4. The fourth-order valence-electron chi connectivity index (χ4n) is 4.97. The summed E-state index contributed by atoms with van der Waals surface area (Å²) in [7, 11) is 3.45. The first-order valence-electron chi connectivity index (χ1n) is 10.9. The Morgan fingerprint density at radius 1 is 1.30 bits per heavy atom. The molecule has 178 valence electrons. The first-order valence-corrected chi connectivity index (χ1v) is 10.9. The third-order valence-corrected chi connectivity index (χ3v) is 6.94. The van der Waals surface area contributed by atoms with Gasteiger partial charge in [-0.3, -0.25) is 9.48 Å². The molecule has 0 bridgehead atoms. The highest BCUT2D eigenvalue weighted by Crippen LogP contribution is 2.47. The number of carbonyl (C=O) groups excluding carboxylic acids is 1. The van der Waals surface area contributed by atoms with Crippen LogP contribution in [0.5, 0.6) is 0 Å². The van der Waals surface area contributed by atoms with Crippen molar-refractivity contribution in [1.82, 2.24) is 19.7 Å². The van der Waals surface area contributed by atoms with E-state index >= 15 is 0 Å². The zero-order valence-electron chi connectivity index (χ0n) is 18.6. The minimum atomic E-state index is -4.41. The number of fused-ring (bicyclic) bond motifs is 1. The maximum Gasteiger partial charge on any atom is 0.433 e. The third-order valence-electron chi connectivity index (χ3n) is 6.94. The third kappa shape index (κ3) is 3.79. The Morgan fingerprint density at radius 2 is 2.03 bits per heavy atom. The lowest BCUT2D eigenvalue weighted by Gasteiger charge is -2.39. The molecule has 33 heavy (non-hydrogen) atoms. The summed E-state index contributed by atoms with van der Waals surface area (Å²) in [6, 6.07) is 0.586. The van der Waals surface area contributed by atoms with Crippen molar-refractivity contribution >= 4 is 23.4 Å². The molecule has 3 heterocycles. The van der Waals surface area contributed by atoms with Crippen molar-refractivity contribution in [2.45, 2.75) is 63.0 Å². The number of nitrogens with zero attached hydrogens (tertiary/aromatic N) is 5. The van der Waals surface area contributed by atoms with Gasteiger partial charge in [-0.2, -0.15) is 23.3 Å². The maximum atomic E-state index is 13.1. The number of likely N-dealkylation sites (N-methyl/N-ethyl adjacent to an activating group) is 1. The Balaban J connectivity index is 1.26. The van der Waals surface area contributed by atoms with E-state index in [0.29, 0.717) is 36.0 Å². The van der Waals surface area contributed by atoms with E-state index in [9.17, 15) is 18.0 Å². The number of halogens is 3. The van der Waals surface area contributed by atoms with E-state index in [1.54, 1.807) is 7.11 Å². The van der Waals surface area contributed by atoms with Crippen LogP contribution in [0.15, 0.2) is 12.3 Å². The Labute approximate surface area is 188 Å². The fourth-order valence-corrected chi connectivity index (χ4v) is 4.97. The van der Waals surface area contributed by atoms with Crippen LogP contribution >= 0.6 is 0 Å². The largest absolute Gasteiger partial charge is 0.433 e. The second-order valence-corrected chi connectivity index (χ2v) is 9.18. The van der Waals surface area contributed by atoms with Crippen molar-refractivity contribution in [3.63, 3.8) is 0 Å². The predicted octanol–water partition coefficient (Wildman–Crippen LogP) is 2.83. The summed E-state index contributed by atoms with van der Waals surface area (Å²) in [4.78, 5) is 23.7. The lowest BCUT2D eigenvalue weighted by Crippen LogP contribution is -2.55. The van der Waals surface area contributed by atoms with Crippen molar-refractivity contribution in [3.8, 4) is 0 Å². The molecule has 0 saturated heterocycles. The number of ether oxygens (including phenoxy) is 1. The molecule has 0 spiro atoms. The van der Waals surface area contributed by atoms with Crippen molar-refractivity contribution < 1.29 is 22.7 Å². The molecule has 2 aliphatic carbocycles. The number of aromatic nitrogens is 4. The molecule has 1 amide bonds. The van der Waals surface area contributed by atoms with E-state index in [1.165, 1.54) is 6.20 Å². The highest BCUT2D eigenvalue weighted by Gasteiger charge is 2.57. The number of alkyl halides is 3. The zero-order valence-corrected chi connectivity index (χ0v) is 18.6. The SMILES string of the molecule is COC1(C2C(=O)Nc3c(C)nc(N[C@H]4C[C@@H](Cn5nccc5C(F)(F)F)C4)nc3N2C)CC1.